The van der Waals surface area contributed by atoms with E-state index in [0.717, 1.165) is 61.6 Å². The molecule has 10 aromatic rings. The predicted molar refractivity (Wildman–Crippen MR) is 247 cm³/mol. The van der Waals surface area contributed by atoms with E-state index in [-0.39, 0.29) is 6.92 Å². The number of hydrogen-bond donors (Lipinski definition) is 0. The molecule has 59 heavy (non-hydrogen) atoms. The molecule has 276 valence electrons. The monoisotopic (exact) mass is 769 g/mol. The van der Waals surface area contributed by atoms with Crippen molar-refractivity contribution >= 4 is 68.5 Å². The molecular formula is C54H36BNO2Si. The van der Waals surface area contributed by atoms with Crippen molar-refractivity contribution in [2.24, 2.45) is 0 Å². The fourth-order valence-corrected chi connectivity index (χ4v) is 14.6. The third-order valence-electron chi connectivity index (χ3n) is 12.4. The summed E-state index contributed by atoms with van der Waals surface area (Å²) in [6, 6.07) is 79.5. The third kappa shape index (κ3) is 5.15. The van der Waals surface area contributed by atoms with Crippen LogP contribution in [0.25, 0.3) is 49.7 Å². The van der Waals surface area contributed by atoms with Crippen LogP contribution in [0.15, 0.2) is 218 Å². The van der Waals surface area contributed by atoms with E-state index in [1.54, 1.807) is 0 Å². The second-order valence-electron chi connectivity index (χ2n) is 15.6. The maximum Gasteiger partial charge on any atom is 0.434 e. The maximum absolute atomic E-state index is 7.00. The molecule has 0 N–H and O–H groups in total. The summed E-state index contributed by atoms with van der Waals surface area (Å²) in [6.07, 6.45) is 0. The Bertz CT molecular complexity index is 3090. The van der Waals surface area contributed by atoms with Gasteiger partial charge >= 0.3 is 6.92 Å². The normalized spacial score (nSPS) is 12.6. The molecule has 3 heterocycles. The van der Waals surface area contributed by atoms with E-state index in [0.29, 0.717) is 0 Å². The average Bonchev–Trinajstić information content (AvgIpc) is 3.65. The average molecular weight is 770 g/mol. The fraction of sp³-hybridized carbons (Fsp3) is 0. The molecule has 0 spiro atoms. The van der Waals surface area contributed by atoms with Crippen LogP contribution in [0.4, 0.5) is 0 Å². The molecule has 12 rings (SSSR count). The summed E-state index contributed by atoms with van der Waals surface area (Å²) in [6.45, 7) is -0.284. The molecule has 2 aliphatic heterocycles. The Balaban J connectivity index is 1.07. The highest BCUT2D eigenvalue weighted by Gasteiger charge is 2.43. The first-order valence-corrected chi connectivity index (χ1v) is 22.3. The Morgan fingerprint density at radius 3 is 1.61 bits per heavy atom. The van der Waals surface area contributed by atoms with E-state index in [1.807, 2.05) is 12.1 Å². The Labute approximate surface area is 344 Å². The van der Waals surface area contributed by atoms with Crippen molar-refractivity contribution in [2.75, 3.05) is 0 Å². The minimum atomic E-state index is -2.73. The molecule has 0 bridgehead atoms. The number of rotatable bonds is 6. The zero-order chi connectivity index (χ0) is 38.9. The largest absolute Gasteiger partial charge is 0.551 e. The van der Waals surface area contributed by atoms with Crippen LogP contribution in [0.2, 0.25) is 0 Å². The van der Waals surface area contributed by atoms with Crippen molar-refractivity contribution in [3.05, 3.63) is 218 Å². The van der Waals surface area contributed by atoms with Crippen molar-refractivity contribution in [1.82, 2.24) is 4.57 Å². The molecule has 0 atom stereocenters. The van der Waals surface area contributed by atoms with E-state index in [1.165, 1.54) is 37.1 Å². The third-order valence-corrected chi connectivity index (χ3v) is 17.2. The molecule has 0 amide bonds. The summed E-state index contributed by atoms with van der Waals surface area (Å²) >= 11 is 0. The number of ether oxygens (including phenoxy) is 1. The second-order valence-corrected chi connectivity index (χ2v) is 19.4. The maximum atomic E-state index is 7.00. The topological polar surface area (TPSA) is 23.4 Å². The number of aromatic nitrogens is 1. The first-order chi connectivity index (χ1) is 29.3. The van der Waals surface area contributed by atoms with Gasteiger partial charge in [0, 0.05) is 33.3 Å². The van der Waals surface area contributed by atoms with Crippen molar-refractivity contribution in [3.63, 3.8) is 0 Å². The lowest BCUT2D eigenvalue weighted by Gasteiger charge is -2.35. The van der Waals surface area contributed by atoms with Gasteiger partial charge in [0.2, 0.25) is 0 Å². The van der Waals surface area contributed by atoms with E-state index < -0.39 is 8.07 Å². The van der Waals surface area contributed by atoms with Gasteiger partial charge in [0.1, 0.15) is 17.2 Å². The molecule has 0 saturated heterocycles. The van der Waals surface area contributed by atoms with Crippen LogP contribution in [0.3, 0.4) is 0 Å². The number of fused-ring (bicyclic) bond motifs is 7. The van der Waals surface area contributed by atoms with Crippen LogP contribution in [-0.2, 0) is 0 Å². The molecule has 0 radical (unpaired) electrons. The number of benzene rings is 9. The van der Waals surface area contributed by atoms with Crippen molar-refractivity contribution in [2.45, 2.75) is 0 Å². The van der Waals surface area contributed by atoms with Crippen LogP contribution in [0, 0.1) is 0 Å². The second kappa shape index (κ2) is 13.4. The molecule has 0 saturated carbocycles. The highest BCUT2D eigenvalue weighted by atomic mass is 28.3. The lowest BCUT2D eigenvalue weighted by atomic mass is 9.51. The number of hydrogen-bond acceptors (Lipinski definition) is 2. The van der Waals surface area contributed by atoms with E-state index >= 15 is 0 Å². The van der Waals surface area contributed by atoms with Crippen LogP contribution >= 0.6 is 0 Å². The highest BCUT2D eigenvalue weighted by molar-refractivity contribution is 7.19. The fourth-order valence-electron chi connectivity index (χ4n) is 9.85. The molecule has 5 heteroatoms. The lowest BCUT2D eigenvalue weighted by molar-refractivity contribution is 0.479. The summed E-state index contributed by atoms with van der Waals surface area (Å²) in [4.78, 5) is 0. The first-order valence-electron chi connectivity index (χ1n) is 20.3. The van der Waals surface area contributed by atoms with Crippen LogP contribution in [0.1, 0.15) is 0 Å². The molecular weight excluding hydrogens is 733 g/mol. The smallest absolute Gasteiger partial charge is 0.434 e. The Morgan fingerprint density at radius 2 is 0.949 bits per heavy atom. The van der Waals surface area contributed by atoms with E-state index in [2.05, 4.69) is 211 Å². The van der Waals surface area contributed by atoms with Gasteiger partial charge in [0.15, 0.2) is 8.07 Å². The standard InChI is InChI=1S/C54H36BNO2Si/c1-4-18-40(19-5-1)59(41-20-6-2-7-21-41,42-22-8-3-9-23-42)43-24-16-17-37(33-43)38-31-32-51-46(34-38)47-35-39(36-53-54(47)55(58-51)48-27-12-15-30-52(48)57-53)56-49-28-13-10-25-44(49)45-26-11-14-29-50(45)56/h1-36H. The van der Waals surface area contributed by atoms with Gasteiger partial charge < -0.3 is 14.0 Å². The number of para-hydroxylation sites is 3. The predicted octanol–water partition coefficient (Wildman–Crippen LogP) is 9.10. The van der Waals surface area contributed by atoms with E-state index in [9.17, 15) is 0 Å². The van der Waals surface area contributed by atoms with Gasteiger partial charge in [0.05, 0.1) is 16.7 Å². The Morgan fingerprint density at radius 1 is 0.390 bits per heavy atom. The van der Waals surface area contributed by atoms with Gasteiger partial charge in [-0.05, 0) is 73.8 Å². The molecule has 0 unspecified atom stereocenters. The summed E-state index contributed by atoms with van der Waals surface area (Å²) in [5, 5.41) is 7.86. The molecule has 0 fully saturated rings. The lowest BCUT2D eigenvalue weighted by Crippen LogP contribution is -2.74. The summed E-state index contributed by atoms with van der Waals surface area (Å²) in [5.41, 5.74) is 9.97. The van der Waals surface area contributed by atoms with Crippen molar-refractivity contribution in [3.8, 4) is 45.2 Å². The van der Waals surface area contributed by atoms with Crippen LogP contribution in [-0.4, -0.2) is 19.6 Å². The number of nitrogens with zero attached hydrogens (tertiary/aromatic N) is 1. The summed E-state index contributed by atoms with van der Waals surface area (Å²) in [7, 11) is -2.73. The van der Waals surface area contributed by atoms with Gasteiger partial charge in [-0.25, -0.2) is 0 Å². The minimum absolute atomic E-state index is 0.284. The molecule has 2 aliphatic rings. The van der Waals surface area contributed by atoms with Gasteiger partial charge in [-0.2, -0.15) is 0 Å². The van der Waals surface area contributed by atoms with Crippen molar-refractivity contribution < 1.29 is 9.39 Å². The SMILES string of the molecule is c1ccc([Si](c2ccccc2)(c2ccccc2)c2cccc(-c3ccc4c(c3)-c3cc(-n5c6ccccc6c6ccccc65)cc5c3B(O4)c3ccccc3O5)c2)cc1. The Hall–Kier alpha value is -7.34. The zero-order valence-electron chi connectivity index (χ0n) is 32.1. The summed E-state index contributed by atoms with van der Waals surface area (Å²) in [5.74, 6) is 2.52. The first kappa shape index (κ1) is 33.8. The molecule has 3 nitrogen and oxygen atoms in total. The van der Waals surface area contributed by atoms with Crippen LogP contribution in [0.5, 0.6) is 17.2 Å². The van der Waals surface area contributed by atoms with Gasteiger partial charge in [-0.15, -0.1) is 0 Å². The molecule has 1 aromatic heterocycles. The quantitative estimate of drug-likeness (QED) is 0.125. The van der Waals surface area contributed by atoms with E-state index in [4.69, 9.17) is 9.39 Å². The van der Waals surface area contributed by atoms with Crippen LogP contribution < -0.4 is 41.1 Å². The molecule has 0 aliphatic carbocycles. The highest BCUT2D eigenvalue weighted by Crippen LogP contribution is 2.43. The zero-order valence-corrected chi connectivity index (χ0v) is 33.1. The molecule has 9 aromatic carbocycles. The van der Waals surface area contributed by atoms with Gasteiger partial charge in [0.25, 0.3) is 0 Å². The van der Waals surface area contributed by atoms with Crippen molar-refractivity contribution in [1.29, 1.82) is 0 Å². The van der Waals surface area contributed by atoms with Gasteiger partial charge in [-0.1, -0.05) is 176 Å². The minimum Gasteiger partial charge on any atom is -0.551 e. The van der Waals surface area contributed by atoms with Gasteiger partial charge in [-0.3, -0.25) is 0 Å². The summed E-state index contributed by atoms with van der Waals surface area (Å²) < 4.78 is 16.2. The Kier molecular flexibility index (Phi) is 7.65.